The van der Waals surface area contributed by atoms with Crippen molar-refractivity contribution in [2.24, 2.45) is 5.73 Å². The average molecular weight is 251 g/mol. The van der Waals surface area contributed by atoms with E-state index in [1.807, 2.05) is 38.1 Å². The number of nitrogens with one attached hydrogen (secondary N) is 2. The maximum Gasteiger partial charge on any atom is 0.319 e. The van der Waals surface area contributed by atoms with E-state index in [-0.39, 0.29) is 12.1 Å². The van der Waals surface area contributed by atoms with Crippen LogP contribution >= 0.6 is 0 Å². The third kappa shape index (κ3) is 5.65. The first-order valence-corrected chi connectivity index (χ1v) is 6.07. The molecule has 0 unspecified atom stereocenters. The zero-order chi connectivity index (χ0) is 13.4. The van der Waals surface area contributed by atoms with Gasteiger partial charge in [-0.1, -0.05) is 12.1 Å². The number of carbonyl (C=O) groups is 1. The van der Waals surface area contributed by atoms with Gasteiger partial charge in [-0.15, -0.1) is 0 Å². The third-order valence-corrected chi connectivity index (χ3v) is 2.29. The lowest BCUT2D eigenvalue weighted by molar-refractivity contribution is 0.0820. The summed E-state index contributed by atoms with van der Waals surface area (Å²) in [6.45, 7) is 5.42. The summed E-state index contributed by atoms with van der Waals surface area (Å²) in [6, 6.07) is 7.19. The summed E-state index contributed by atoms with van der Waals surface area (Å²) in [4.78, 5) is 11.5. The first kappa shape index (κ1) is 14.5. The highest BCUT2D eigenvalue weighted by Crippen LogP contribution is 2.08. The van der Waals surface area contributed by atoms with Crippen molar-refractivity contribution in [3.63, 3.8) is 0 Å². The summed E-state index contributed by atoms with van der Waals surface area (Å²) in [5.41, 5.74) is 7.27. The maximum atomic E-state index is 11.5. The standard InChI is InChI=1S/C13H21N3O2/c1-10(2)18-8-7-15-13(17)16-12-5-3-11(9-14)4-6-12/h3-6,10H,7-9,14H2,1-2H3,(H2,15,16,17). The Morgan fingerprint density at radius 3 is 2.56 bits per heavy atom. The molecule has 0 spiro atoms. The molecular weight excluding hydrogens is 230 g/mol. The molecule has 100 valence electrons. The van der Waals surface area contributed by atoms with Gasteiger partial charge in [0.05, 0.1) is 12.7 Å². The molecule has 0 radical (unpaired) electrons. The van der Waals surface area contributed by atoms with Crippen LogP contribution in [-0.4, -0.2) is 25.3 Å². The lowest BCUT2D eigenvalue weighted by Gasteiger charge is -2.10. The zero-order valence-corrected chi connectivity index (χ0v) is 10.9. The Balaban J connectivity index is 2.26. The summed E-state index contributed by atoms with van der Waals surface area (Å²) in [7, 11) is 0. The minimum Gasteiger partial charge on any atom is -0.377 e. The molecule has 4 N–H and O–H groups in total. The lowest BCUT2D eigenvalue weighted by Crippen LogP contribution is -2.32. The predicted molar refractivity (Wildman–Crippen MR) is 72.4 cm³/mol. The number of carbonyl (C=O) groups excluding carboxylic acids is 1. The van der Waals surface area contributed by atoms with Gasteiger partial charge < -0.3 is 21.1 Å². The van der Waals surface area contributed by atoms with Gasteiger partial charge in [-0.05, 0) is 31.5 Å². The summed E-state index contributed by atoms with van der Waals surface area (Å²) in [5, 5.41) is 5.45. The fourth-order valence-electron chi connectivity index (χ4n) is 1.36. The fraction of sp³-hybridized carbons (Fsp3) is 0.462. The normalized spacial score (nSPS) is 10.4. The monoisotopic (exact) mass is 251 g/mol. The largest absolute Gasteiger partial charge is 0.377 e. The number of anilines is 1. The zero-order valence-electron chi connectivity index (χ0n) is 10.9. The smallest absolute Gasteiger partial charge is 0.319 e. The quantitative estimate of drug-likeness (QED) is 0.673. The van der Waals surface area contributed by atoms with E-state index < -0.39 is 0 Å². The summed E-state index contributed by atoms with van der Waals surface area (Å²) in [6.07, 6.45) is 0.179. The van der Waals surface area contributed by atoms with E-state index in [1.54, 1.807) is 0 Å². The van der Waals surface area contributed by atoms with E-state index in [4.69, 9.17) is 10.5 Å². The van der Waals surface area contributed by atoms with E-state index in [0.29, 0.717) is 19.7 Å². The predicted octanol–water partition coefficient (Wildman–Crippen LogP) is 1.69. The minimum absolute atomic E-state index is 0.179. The van der Waals surface area contributed by atoms with Crippen LogP contribution in [0.15, 0.2) is 24.3 Å². The maximum absolute atomic E-state index is 11.5. The molecule has 0 aliphatic rings. The number of nitrogens with two attached hydrogens (primary N) is 1. The van der Waals surface area contributed by atoms with Gasteiger partial charge in [0.2, 0.25) is 0 Å². The molecule has 0 aliphatic carbocycles. The second-order valence-electron chi connectivity index (χ2n) is 4.20. The molecule has 0 aromatic heterocycles. The molecule has 1 aromatic carbocycles. The van der Waals surface area contributed by atoms with Gasteiger partial charge in [0, 0.05) is 18.8 Å². The van der Waals surface area contributed by atoms with Crippen molar-refractivity contribution in [3.8, 4) is 0 Å². The molecule has 0 bridgehead atoms. The number of urea groups is 1. The minimum atomic E-state index is -0.233. The molecule has 1 rings (SSSR count). The van der Waals surface area contributed by atoms with Crippen LogP contribution in [0.1, 0.15) is 19.4 Å². The lowest BCUT2D eigenvalue weighted by atomic mass is 10.2. The van der Waals surface area contributed by atoms with Crippen LogP contribution < -0.4 is 16.4 Å². The van der Waals surface area contributed by atoms with Crippen molar-refractivity contribution in [2.45, 2.75) is 26.5 Å². The Morgan fingerprint density at radius 1 is 1.33 bits per heavy atom. The van der Waals surface area contributed by atoms with E-state index in [1.165, 1.54) is 0 Å². The van der Waals surface area contributed by atoms with Crippen molar-refractivity contribution in [1.29, 1.82) is 0 Å². The molecule has 2 amide bonds. The first-order valence-electron chi connectivity index (χ1n) is 6.07. The van der Waals surface area contributed by atoms with Gasteiger partial charge >= 0.3 is 6.03 Å². The van der Waals surface area contributed by atoms with Gasteiger partial charge in [0.25, 0.3) is 0 Å². The first-order chi connectivity index (χ1) is 8.61. The van der Waals surface area contributed by atoms with Crippen molar-refractivity contribution >= 4 is 11.7 Å². The topological polar surface area (TPSA) is 76.4 Å². The van der Waals surface area contributed by atoms with Crippen molar-refractivity contribution in [1.82, 2.24) is 5.32 Å². The average Bonchev–Trinajstić information content (AvgIpc) is 2.35. The Hall–Kier alpha value is -1.59. The molecule has 0 atom stereocenters. The van der Waals surface area contributed by atoms with Gasteiger partial charge in [-0.2, -0.15) is 0 Å². The van der Waals surface area contributed by atoms with Gasteiger partial charge in [0.15, 0.2) is 0 Å². The molecule has 5 heteroatoms. The van der Waals surface area contributed by atoms with E-state index in [0.717, 1.165) is 11.3 Å². The number of amides is 2. The molecule has 0 aliphatic heterocycles. The number of rotatable bonds is 6. The van der Waals surface area contributed by atoms with Crippen LogP contribution in [0, 0.1) is 0 Å². The summed E-state index contributed by atoms with van der Waals surface area (Å²) >= 11 is 0. The molecule has 18 heavy (non-hydrogen) atoms. The highest BCUT2D eigenvalue weighted by Gasteiger charge is 2.01. The molecule has 0 saturated carbocycles. The highest BCUT2D eigenvalue weighted by molar-refractivity contribution is 5.89. The van der Waals surface area contributed by atoms with E-state index >= 15 is 0 Å². The van der Waals surface area contributed by atoms with Gasteiger partial charge in [-0.3, -0.25) is 0 Å². The second-order valence-corrected chi connectivity index (χ2v) is 4.20. The van der Waals surface area contributed by atoms with E-state index in [9.17, 15) is 4.79 Å². The van der Waals surface area contributed by atoms with Crippen LogP contribution in [0.2, 0.25) is 0 Å². The second kappa shape index (κ2) is 7.68. The summed E-state index contributed by atoms with van der Waals surface area (Å²) in [5.74, 6) is 0. The number of hydrogen-bond donors (Lipinski definition) is 3. The highest BCUT2D eigenvalue weighted by atomic mass is 16.5. The van der Waals surface area contributed by atoms with Crippen molar-refractivity contribution < 1.29 is 9.53 Å². The van der Waals surface area contributed by atoms with Crippen LogP contribution in [0.25, 0.3) is 0 Å². The third-order valence-electron chi connectivity index (χ3n) is 2.29. The van der Waals surface area contributed by atoms with Crippen LogP contribution in [0.3, 0.4) is 0 Å². The molecule has 0 saturated heterocycles. The molecule has 5 nitrogen and oxygen atoms in total. The number of hydrogen-bond acceptors (Lipinski definition) is 3. The Morgan fingerprint density at radius 2 is 2.00 bits per heavy atom. The Bertz CT molecular complexity index is 363. The SMILES string of the molecule is CC(C)OCCNC(=O)Nc1ccc(CN)cc1. The van der Waals surface area contributed by atoms with Crippen molar-refractivity contribution in [3.05, 3.63) is 29.8 Å². The molecule has 0 fully saturated rings. The number of ether oxygens (including phenoxy) is 1. The Kier molecular flexibility index (Phi) is 6.18. The van der Waals surface area contributed by atoms with Crippen LogP contribution in [0.4, 0.5) is 10.5 Å². The van der Waals surface area contributed by atoms with Gasteiger partial charge in [0.1, 0.15) is 0 Å². The molecular formula is C13H21N3O2. The van der Waals surface area contributed by atoms with Crippen LogP contribution in [-0.2, 0) is 11.3 Å². The van der Waals surface area contributed by atoms with Gasteiger partial charge in [-0.25, -0.2) is 4.79 Å². The Labute approximate surface area is 108 Å². The number of benzene rings is 1. The van der Waals surface area contributed by atoms with Crippen LogP contribution in [0.5, 0.6) is 0 Å². The summed E-state index contributed by atoms with van der Waals surface area (Å²) < 4.78 is 5.32. The fourth-order valence-corrected chi connectivity index (χ4v) is 1.36. The molecule has 1 aromatic rings. The molecule has 0 heterocycles. The van der Waals surface area contributed by atoms with Crippen molar-refractivity contribution in [2.75, 3.05) is 18.5 Å². The van der Waals surface area contributed by atoms with E-state index in [2.05, 4.69) is 10.6 Å².